The van der Waals surface area contributed by atoms with Crippen LogP contribution in [-0.4, -0.2) is 22.2 Å². The summed E-state index contributed by atoms with van der Waals surface area (Å²) in [7, 11) is 0. The number of carbonyl (C=O) groups is 2. The molecule has 0 saturated carbocycles. The molecule has 0 aliphatic heterocycles. The number of carboxylic acid groups (broad SMARTS) is 2. The van der Waals surface area contributed by atoms with Crippen molar-refractivity contribution in [3.63, 3.8) is 0 Å². The van der Waals surface area contributed by atoms with Crippen LogP contribution in [0.15, 0.2) is 12.2 Å². The van der Waals surface area contributed by atoms with Gasteiger partial charge < -0.3 is 10.2 Å². The summed E-state index contributed by atoms with van der Waals surface area (Å²) in [6, 6.07) is 0. The average Bonchev–Trinajstić information content (AvgIpc) is 2.58. The molecule has 0 radical (unpaired) electrons. The van der Waals surface area contributed by atoms with Gasteiger partial charge in [-0.2, -0.15) is 0 Å². The van der Waals surface area contributed by atoms with Crippen LogP contribution in [-0.2, 0) is 9.59 Å². The van der Waals surface area contributed by atoms with Gasteiger partial charge in [0, 0.05) is 6.42 Å². The molecule has 4 heteroatoms. The maximum Gasteiger partial charge on any atom is 0.309 e. The van der Waals surface area contributed by atoms with E-state index in [1.807, 2.05) is 6.92 Å². The van der Waals surface area contributed by atoms with E-state index in [9.17, 15) is 14.7 Å². The zero-order valence-corrected chi connectivity index (χ0v) is 16.7. The lowest BCUT2D eigenvalue weighted by atomic mass is 9.65. The molecule has 0 amide bonds. The maximum atomic E-state index is 11.9. The lowest BCUT2D eigenvalue weighted by Gasteiger charge is -2.38. The highest BCUT2D eigenvalue weighted by molar-refractivity contribution is 5.75. The Balaban J connectivity index is 2.32. The third-order valence-corrected chi connectivity index (χ3v) is 5.94. The van der Waals surface area contributed by atoms with Crippen molar-refractivity contribution in [3.8, 4) is 0 Å². The Bertz CT molecular complexity index is 457. The van der Waals surface area contributed by atoms with Gasteiger partial charge in [0.25, 0.3) is 0 Å². The molecule has 1 aliphatic carbocycles. The lowest BCUT2D eigenvalue weighted by Crippen LogP contribution is -2.39. The Hall–Kier alpha value is -1.32. The summed E-state index contributed by atoms with van der Waals surface area (Å²) in [6.07, 6.45) is 17.3. The van der Waals surface area contributed by atoms with Crippen LogP contribution < -0.4 is 0 Å². The quantitative estimate of drug-likeness (QED) is 0.290. The fraction of sp³-hybridized carbons (Fsp3) is 0.818. The second-order valence-electron chi connectivity index (χ2n) is 8.23. The topological polar surface area (TPSA) is 74.6 Å². The normalized spacial score (nSPS) is 25.3. The van der Waals surface area contributed by atoms with Crippen LogP contribution in [0.25, 0.3) is 0 Å². The SMILES string of the molecule is CCCCCC1C=CC(CCCCCCCCC(=O)O)CC1(C)C(=O)O. The summed E-state index contributed by atoms with van der Waals surface area (Å²) in [5.41, 5.74) is -0.621. The number of carboxylic acids is 2. The zero-order chi connectivity index (χ0) is 19.4. The molecule has 0 aromatic carbocycles. The Labute approximate surface area is 159 Å². The van der Waals surface area contributed by atoms with Crippen molar-refractivity contribution < 1.29 is 19.8 Å². The first-order chi connectivity index (χ1) is 12.4. The van der Waals surface area contributed by atoms with Crippen LogP contribution in [0, 0.1) is 17.3 Å². The molecule has 0 aromatic rings. The van der Waals surface area contributed by atoms with Crippen LogP contribution >= 0.6 is 0 Å². The second-order valence-corrected chi connectivity index (χ2v) is 8.23. The van der Waals surface area contributed by atoms with E-state index >= 15 is 0 Å². The van der Waals surface area contributed by atoms with Crippen LogP contribution in [0.2, 0.25) is 0 Å². The van der Waals surface area contributed by atoms with Crippen molar-refractivity contribution in [3.05, 3.63) is 12.2 Å². The number of hydrogen-bond acceptors (Lipinski definition) is 2. The Morgan fingerprint density at radius 1 is 0.923 bits per heavy atom. The third kappa shape index (κ3) is 7.92. The average molecular weight is 367 g/mol. The van der Waals surface area contributed by atoms with Gasteiger partial charge in [-0.15, -0.1) is 0 Å². The van der Waals surface area contributed by atoms with Crippen LogP contribution in [0.4, 0.5) is 0 Å². The summed E-state index contributed by atoms with van der Waals surface area (Å²) >= 11 is 0. The van der Waals surface area contributed by atoms with Crippen LogP contribution in [0.3, 0.4) is 0 Å². The summed E-state index contributed by atoms with van der Waals surface area (Å²) in [4.78, 5) is 22.4. The molecule has 4 nitrogen and oxygen atoms in total. The number of unbranched alkanes of at least 4 members (excludes halogenated alkanes) is 7. The highest BCUT2D eigenvalue weighted by Gasteiger charge is 2.43. The second kappa shape index (κ2) is 12.1. The minimum Gasteiger partial charge on any atom is -0.481 e. The van der Waals surface area contributed by atoms with Gasteiger partial charge in [0.2, 0.25) is 0 Å². The van der Waals surface area contributed by atoms with Crippen LogP contribution in [0.5, 0.6) is 0 Å². The zero-order valence-electron chi connectivity index (χ0n) is 16.7. The first kappa shape index (κ1) is 22.7. The van der Waals surface area contributed by atoms with Crippen molar-refractivity contribution >= 4 is 11.9 Å². The Morgan fingerprint density at radius 2 is 1.54 bits per heavy atom. The molecule has 0 saturated heterocycles. The van der Waals surface area contributed by atoms with Gasteiger partial charge in [0.1, 0.15) is 0 Å². The van der Waals surface area contributed by atoms with Gasteiger partial charge in [-0.25, -0.2) is 0 Å². The Morgan fingerprint density at radius 3 is 2.15 bits per heavy atom. The highest BCUT2D eigenvalue weighted by Crippen LogP contribution is 2.44. The monoisotopic (exact) mass is 366 g/mol. The molecule has 150 valence electrons. The van der Waals surface area contributed by atoms with E-state index < -0.39 is 17.4 Å². The van der Waals surface area contributed by atoms with E-state index in [2.05, 4.69) is 19.1 Å². The smallest absolute Gasteiger partial charge is 0.309 e. The van der Waals surface area contributed by atoms with Gasteiger partial charge in [0.15, 0.2) is 0 Å². The molecule has 2 N–H and O–H groups in total. The van der Waals surface area contributed by atoms with Gasteiger partial charge in [-0.3, -0.25) is 9.59 Å². The van der Waals surface area contributed by atoms with E-state index in [1.165, 1.54) is 12.8 Å². The van der Waals surface area contributed by atoms with E-state index in [0.717, 1.165) is 64.2 Å². The predicted molar refractivity (Wildman–Crippen MR) is 105 cm³/mol. The molecule has 0 fully saturated rings. The van der Waals surface area contributed by atoms with Gasteiger partial charge in [-0.05, 0) is 44.4 Å². The molecule has 0 heterocycles. The molecule has 1 aliphatic rings. The molecule has 0 aromatic heterocycles. The Kier molecular flexibility index (Phi) is 10.6. The summed E-state index contributed by atoms with van der Waals surface area (Å²) < 4.78 is 0. The van der Waals surface area contributed by atoms with Crippen molar-refractivity contribution in [1.82, 2.24) is 0 Å². The molecular formula is C22H38O4. The largest absolute Gasteiger partial charge is 0.481 e. The number of allylic oxidation sites excluding steroid dienone is 2. The standard InChI is InChI=1S/C22H38O4/c1-3-4-9-13-19-16-15-18(17-22(19,2)21(25)26)12-10-7-5-6-8-11-14-20(23)24/h15-16,18-19H,3-14,17H2,1-2H3,(H,23,24)(H,25,26). The summed E-state index contributed by atoms with van der Waals surface area (Å²) in [5, 5.41) is 18.4. The van der Waals surface area contributed by atoms with E-state index in [4.69, 9.17) is 5.11 Å². The van der Waals surface area contributed by atoms with Crippen molar-refractivity contribution in [1.29, 1.82) is 0 Å². The van der Waals surface area contributed by atoms with Crippen molar-refractivity contribution in [2.75, 3.05) is 0 Å². The molecule has 3 atom stereocenters. The molecule has 0 bridgehead atoms. The maximum absolute atomic E-state index is 11.9. The van der Waals surface area contributed by atoms with E-state index in [-0.39, 0.29) is 12.3 Å². The number of rotatable bonds is 14. The minimum atomic E-state index is -0.705. The minimum absolute atomic E-state index is 0.164. The first-order valence-corrected chi connectivity index (χ1v) is 10.5. The molecular weight excluding hydrogens is 328 g/mol. The number of aliphatic carboxylic acids is 2. The van der Waals surface area contributed by atoms with Gasteiger partial charge >= 0.3 is 11.9 Å². The molecule has 3 unspecified atom stereocenters. The van der Waals surface area contributed by atoms with Gasteiger partial charge in [-0.1, -0.05) is 70.4 Å². The first-order valence-electron chi connectivity index (χ1n) is 10.5. The molecule has 0 spiro atoms. The summed E-state index contributed by atoms with van der Waals surface area (Å²) in [6.45, 7) is 4.11. The fourth-order valence-electron chi connectivity index (χ4n) is 4.13. The molecule has 26 heavy (non-hydrogen) atoms. The highest BCUT2D eigenvalue weighted by atomic mass is 16.4. The lowest BCUT2D eigenvalue weighted by molar-refractivity contribution is -0.152. The van der Waals surface area contributed by atoms with Crippen molar-refractivity contribution in [2.24, 2.45) is 17.3 Å². The van der Waals surface area contributed by atoms with E-state index in [0.29, 0.717) is 5.92 Å². The molecule has 1 rings (SSSR count). The van der Waals surface area contributed by atoms with Gasteiger partial charge in [0.05, 0.1) is 5.41 Å². The fourth-order valence-corrected chi connectivity index (χ4v) is 4.13. The number of hydrogen-bond donors (Lipinski definition) is 2. The predicted octanol–water partition coefficient (Wildman–Crippen LogP) is 6.06. The van der Waals surface area contributed by atoms with Crippen LogP contribution in [0.1, 0.15) is 97.3 Å². The third-order valence-electron chi connectivity index (χ3n) is 5.94. The van der Waals surface area contributed by atoms with Crippen molar-refractivity contribution in [2.45, 2.75) is 97.3 Å². The van der Waals surface area contributed by atoms with E-state index in [1.54, 1.807) is 0 Å². The summed E-state index contributed by atoms with van der Waals surface area (Å²) in [5.74, 6) is -0.807.